The Labute approximate surface area is 173 Å². The van der Waals surface area contributed by atoms with Crippen molar-refractivity contribution >= 4 is 34.3 Å². The Morgan fingerprint density at radius 3 is 2.87 bits per heavy atom. The maximum atomic E-state index is 12.9. The highest BCUT2D eigenvalue weighted by Gasteiger charge is 2.19. The highest BCUT2D eigenvalue weighted by atomic mass is 16.3. The molecule has 2 aromatic heterocycles. The molecule has 1 aliphatic heterocycles. The third-order valence-electron chi connectivity index (χ3n) is 5.20. The van der Waals surface area contributed by atoms with E-state index in [4.69, 9.17) is 4.42 Å². The second kappa shape index (κ2) is 7.87. The number of anilines is 3. The van der Waals surface area contributed by atoms with E-state index < -0.39 is 0 Å². The van der Waals surface area contributed by atoms with E-state index in [0.717, 1.165) is 52.9 Å². The summed E-state index contributed by atoms with van der Waals surface area (Å²) in [7, 11) is 0. The third kappa shape index (κ3) is 3.57. The van der Waals surface area contributed by atoms with Gasteiger partial charge in [0, 0.05) is 29.4 Å². The number of hydrogen-bond donors (Lipinski definition) is 3. The molecular formula is C23H21N5O2. The number of nitrogens with zero attached hydrogens (tertiary/aromatic N) is 2. The molecule has 7 heteroatoms. The number of carbonyl (C=O) groups excluding carboxylic acids is 1. The maximum absolute atomic E-state index is 12.9. The van der Waals surface area contributed by atoms with Crippen molar-refractivity contribution in [1.82, 2.24) is 9.97 Å². The van der Waals surface area contributed by atoms with Crippen molar-refractivity contribution in [2.24, 2.45) is 0 Å². The number of amides is 1. The van der Waals surface area contributed by atoms with Crippen LogP contribution in [0.25, 0.3) is 10.8 Å². The topological polar surface area (TPSA) is 92.1 Å². The quantitative estimate of drug-likeness (QED) is 0.459. The second-order valence-corrected chi connectivity index (χ2v) is 7.23. The third-order valence-corrected chi connectivity index (χ3v) is 5.20. The van der Waals surface area contributed by atoms with E-state index in [1.165, 1.54) is 0 Å². The first-order chi connectivity index (χ1) is 14.8. The fourth-order valence-corrected chi connectivity index (χ4v) is 3.68. The summed E-state index contributed by atoms with van der Waals surface area (Å²) in [6, 6.07) is 15.6. The molecule has 0 bridgehead atoms. The molecule has 5 rings (SSSR count). The molecule has 1 amide bonds. The summed E-state index contributed by atoms with van der Waals surface area (Å²) in [5.41, 5.74) is 2.73. The molecule has 3 heterocycles. The van der Waals surface area contributed by atoms with Crippen LogP contribution in [0.4, 0.5) is 17.6 Å². The van der Waals surface area contributed by atoms with Gasteiger partial charge in [-0.2, -0.15) is 9.97 Å². The van der Waals surface area contributed by atoms with Crippen molar-refractivity contribution < 1.29 is 9.21 Å². The van der Waals surface area contributed by atoms with Gasteiger partial charge in [-0.3, -0.25) is 10.1 Å². The summed E-state index contributed by atoms with van der Waals surface area (Å²) in [6.07, 6.45) is 5.11. The number of rotatable bonds is 5. The molecule has 150 valence electrons. The summed E-state index contributed by atoms with van der Waals surface area (Å²) in [5.74, 6) is 1.51. The Balaban J connectivity index is 1.43. The molecule has 0 saturated heterocycles. The smallest absolute Gasteiger partial charge is 0.258 e. The Bertz CT molecular complexity index is 1200. The fourth-order valence-electron chi connectivity index (χ4n) is 3.68. The number of carbonyl (C=O) groups is 1. The van der Waals surface area contributed by atoms with Gasteiger partial charge in [0.05, 0.1) is 18.1 Å². The van der Waals surface area contributed by atoms with Gasteiger partial charge in [0.25, 0.3) is 5.91 Å². The molecule has 0 spiro atoms. The highest BCUT2D eigenvalue weighted by molar-refractivity contribution is 6.12. The standard InChI is InChI=1S/C23H21N5O2/c29-22(17-9-4-8-16-13-30-14-19(16)17)28-23-26-20-18(10-5-11-24-20)21(27-23)25-12-15-6-2-1-3-7-15/h1-4,6-9,13-14H,5,10-12H2,(H3,24,25,26,27,28,29). The fraction of sp³-hybridized carbons (Fsp3) is 0.174. The molecule has 0 unspecified atom stereocenters. The molecule has 0 saturated carbocycles. The van der Waals surface area contributed by atoms with Crippen LogP contribution in [0, 0.1) is 0 Å². The predicted molar refractivity (Wildman–Crippen MR) is 117 cm³/mol. The van der Waals surface area contributed by atoms with E-state index in [2.05, 4.69) is 38.1 Å². The molecule has 0 radical (unpaired) electrons. The summed E-state index contributed by atoms with van der Waals surface area (Å²) in [4.78, 5) is 22.1. The summed E-state index contributed by atoms with van der Waals surface area (Å²) in [6.45, 7) is 1.50. The largest absolute Gasteiger partial charge is 0.471 e. The van der Waals surface area contributed by atoms with Crippen LogP contribution < -0.4 is 16.0 Å². The van der Waals surface area contributed by atoms with E-state index >= 15 is 0 Å². The van der Waals surface area contributed by atoms with Gasteiger partial charge in [0.15, 0.2) is 0 Å². The maximum Gasteiger partial charge on any atom is 0.258 e. The Morgan fingerprint density at radius 2 is 1.97 bits per heavy atom. The first-order valence-corrected chi connectivity index (χ1v) is 9.97. The average molecular weight is 399 g/mol. The van der Waals surface area contributed by atoms with Crippen LogP contribution >= 0.6 is 0 Å². The van der Waals surface area contributed by atoms with Crippen molar-refractivity contribution in [3.05, 3.63) is 77.7 Å². The predicted octanol–water partition coefficient (Wildman–Crippen LogP) is 4.45. The lowest BCUT2D eigenvalue weighted by Gasteiger charge is -2.21. The number of hydrogen-bond acceptors (Lipinski definition) is 6. The lowest BCUT2D eigenvalue weighted by molar-refractivity contribution is 0.102. The van der Waals surface area contributed by atoms with Crippen LogP contribution in [0.5, 0.6) is 0 Å². The lowest BCUT2D eigenvalue weighted by Crippen LogP contribution is -2.20. The van der Waals surface area contributed by atoms with Gasteiger partial charge in [-0.25, -0.2) is 0 Å². The Kier molecular flexibility index (Phi) is 4.77. The summed E-state index contributed by atoms with van der Waals surface area (Å²) >= 11 is 0. The van der Waals surface area contributed by atoms with Crippen LogP contribution in [0.1, 0.15) is 27.9 Å². The van der Waals surface area contributed by atoms with Crippen molar-refractivity contribution in [3.63, 3.8) is 0 Å². The first kappa shape index (κ1) is 18.2. The molecule has 0 atom stereocenters. The molecule has 3 N–H and O–H groups in total. The molecule has 1 aliphatic rings. The van der Waals surface area contributed by atoms with E-state index in [0.29, 0.717) is 12.1 Å². The molecule has 7 nitrogen and oxygen atoms in total. The van der Waals surface area contributed by atoms with Crippen LogP contribution in [0.2, 0.25) is 0 Å². The normalized spacial score (nSPS) is 12.8. The van der Waals surface area contributed by atoms with Crippen molar-refractivity contribution in [2.45, 2.75) is 19.4 Å². The van der Waals surface area contributed by atoms with Gasteiger partial charge in [-0.05, 0) is 24.5 Å². The zero-order valence-electron chi connectivity index (χ0n) is 16.3. The van der Waals surface area contributed by atoms with Crippen molar-refractivity contribution in [3.8, 4) is 0 Å². The molecule has 2 aromatic carbocycles. The highest BCUT2D eigenvalue weighted by Crippen LogP contribution is 2.28. The van der Waals surface area contributed by atoms with Gasteiger partial charge in [-0.1, -0.05) is 42.5 Å². The number of aromatic nitrogens is 2. The first-order valence-electron chi connectivity index (χ1n) is 9.97. The molecular weight excluding hydrogens is 378 g/mol. The summed E-state index contributed by atoms with van der Waals surface area (Å²) < 4.78 is 5.24. The zero-order valence-corrected chi connectivity index (χ0v) is 16.3. The minimum Gasteiger partial charge on any atom is -0.471 e. The number of fused-ring (bicyclic) bond motifs is 2. The number of benzene rings is 2. The van der Waals surface area contributed by atoms with Crippen LogP contribution in [0.3, 0.4) is 0 Å². The van der Waals surface area contributed by atoms with E-state index in [9.17, 15) is 4.79 Å². The van der Waals surface area contributed by atoms with Crippen molar-refractivity contribution in [1.29, 1.82) is 0 Å². The number of furan rings is 1. The van der Waals surface area contributed by atoms with E-state index in [1.807, 2.05) is 30.3 Å². The zero-order chi connectivity index (χ0) is 20.3. The Hall–Kier alpha value is -3.87. The SMILES string of the molecule is O=C(Nc1nc2c(c(NCc3ccccc3)n1)CCCN2)c1cccc2cocc12. The van der Waals surface area contributed by atoms with Gasteiger partial charge < -0.3 is 15.1 Å². The van der Waals surface area contributed by atoms with Crippen molar-refractivity contribution in [2.75, 3.05) is 22.5 Å². The van der Waals surface area contributed by atoms with Crippen LogP contribution in [-0.4, -0.2) is 22.4 Å². The molecule has 30 heavy (non-hydrogen) atoms. The average Bonchev–Trinajstić information content (AvgIpc) is 3.27. The van der Waals surface area contributed by atoms with Gasteiger partial charge >= 0.3 is 0 Å². The van der Waals surface area contributed by atoms with Crippen LogP contribution in [-0.2, 0) is 13.0 Å². The number of nitrogens with one attached hydrogen (secondary N) is 3. The van der Waals surface area contributed by atoms with E-state index in [-0.39, 0.29) is 11.9 Å². The Morgan fingerprint density at radius 1 is 1.07 bits per heavy atom. The lowest BCUT2D eigenvalue weighted by atomic mass is 10.1. The van der Waals surface area contributed by atoms with Gasteiger partial charge in [0.2, 0.25) is 5.95 Å². The van der Waals surface area contributed by atoms with E-state index in [1.54, 1.807) is 18.6 Å². The van der Waals surface area contributed by atoms with Gasteiger partial charge in [-0.15, -0.1) is 0 Å². The molecule has 0 aliphatic carbocycles. The summed E-state index contributed by atoms with van der Waals surface area (Å²) in [5, 5.41) is 11.2. The molecule has 4 aromatic rings. The monoisotopic (exact) mass is 399 g/mol. The molecule has 0 fully saturated rings. The minimum atomic E-state index is -0.272. The second-order valence-electron chi connectivity index (χ2n) is 7.23. The van der Waals surface area contributed by atoms with Crippen LogP contribution in [0.15, 0.2) is 65.5 Å². The van der Waals surface area contributed by atoms with Gasteiger partial charge in [0.1, 0.15) is 11.6 Å². The minimum absolute atomic E-state index is 0.268.